The summed E-state index contributed by atoms with van der Waals surface area (Å²) < 4.78 is 7.48. The number of rotatable bonds is 4. The van der Waals surface area contributed by atoms with Gasteiger partial charge in [0, 0.05) is 6.54 Å². The van der Waals surface area contributed by atoms with Crippen LogP contribution in [0.4, 0.5) is 5.82 Å². The highest BCUT2D eigenvalue weighted by atomic mass is 16.5. The Morgan fingerprint density at radius 1 is 1.20 bits per heavy atom. The quantitative estimate of drug-likeness (QED) is 0.787. The number of hydrogen-bond donors (Lipinski definition) is 1. The number of fused-ring (bicyclic) bond motifs is 1. The molecule has 0 aliphatic rings. The molecule has 2 N–H and O–H groups in total. The lowest BCUT2D eigenvalue weighted by Gasteiger charge is -2.06. The van der Waals surface area contributed by atoms with E-state index in [0.717, 1.165) is 24.0 Å². The number of nitrogen functional groups attached to an aromatic ring is 1. The van der Waals surface area contributed by atoms with Crippen molar-refractivity contribution in [3.05, 3.63) is 36.7 Å². The van der Waals surface area contributed by atoms with Crippen molar-refractivity contribution in [2.45, 2.75) is 19.9 Å². The maximum atomic E-state index is 5.87. The van der Waals surface area contributed by atoms with Crippen molar-refractivity contribution in [1.82, 2.24) is 19.7 Å². The van der Waals surface area contributed by atoms with Crippen molar-refractivity contribution in [2.24, 2.45) is 0 Å². The van der Waals surface area contributed by atoms with Crippen molar-refractivity contribution in [3.63, 3.8) is 0 Å². The van der Waals surface area contributed by atoms with Gasteiger partial charge in [0.25, 0.3) is 5.88 Å². The van der Waals surface area contributed by atoms with E-state index in [1.807, 2.05) is 35.1 Å². The van der Waals surface area contributed by atoms with Crippen molar-refractivity contribution in [3.8, 4) is 11.6 Å². The van der Waals surface area contributed by atoms with E-state index in [-0.39, 0.29) is 5.82 Å². The Balaban J connectivity index is 1.91. The summed E-state index contributed by atoms with van der Waals surface area (Å²) in [5.41, 5.74) is 7.37. The molecule has 0 aliphatic carbocycles. The van der Waals surface area contributed by atoms with Crippen LogP contribution >= 0.6 is 0 Å². The van der Waals surface area contributed by atoms with Crippen LogP contribution < -0.4 is 10.5 Å². The van der Waals surface area contributed by atoms with E-state index in [9.17, 15) is 0 Å². The second-order valence-corrected chi connectivity index (χ2v) is 4.44. The minimum atomic E-state index is 0.270. The molecule has 6 heteroatoms. The first kappa shape index (κ1) is 12.4. The normalized spacial score (nSPS) is 10.8. The van der Waals surface area contributed by atoms with Crippen LogP contribution in [0.15, 0.2) is 36.7 Å². The van der Waals surface area contributed by atoms with Crippen LogP contribution in [-0.4, -0.2) is 19.7 Å². The summed E-state index contributed by atoms with van der Waals surface area (Å²) in [6, 6.07) is 7.53. The minimum Gasteiger partial charge on any atom is -0.433 e. The SMILES string of the molecule is CCCn1cc(Oc2nc3ccccc3nc2N)cn1. The van der Waals surface area contributed by atoms with Gasteiger partial charge in [0.1, 0.15) is 0 Å². The molecule has 20 heavy (non-hydrogen) atoms. The van der Waals surface area contributed by atoms with Crippen LogP contribution in [0.5, 0.6) is 11.6 Å². The highest BCUT2D eigenvalue weighted by Gasteiger charge is 2.09. The number of nitrogens with two attached hydrogens (primary N) is 1. The molecule has 2 heterocycles. The van der Waals surface area contributed by atoms with Crippen LogP contribution in [0.2, 0.25) is 0 Å². The second kappa shape index (κ2) is 5.16. The number of hydrogen-bond acceptors (Lipinski definition) is 5. The first-order valence-corrected chi connectivity index (χ1v) is 6.49. The van der Waals surface area contributed by atoms with E-state index < -0.39 is 0 Å². The molecule has 0 fully saturated rings. The highest BCUT2D eigenvalue weighted by molar-refractivity contribution is 5.76. The molecule has 0 saturated heterocycles. The molecule has 3 rings (SSSR count). The fourth-order valence-corrected chi connectivity index (χ4v) is 1.93. The number of ether oxygens (including phenoxy) is 1. The molecule has 0 radical (unpaired) electrons. The lowest BCUT2D eigenvalue weighted by Crippen LogP contribution is -1.99. The second-order valence-electron chi connectivity index (χ2n) is 4.44. The first-order chi connectivity index (χ1) is 9.76. The molecule has 0 spiro atoms. The number of aromatic nitrogens is 4. The average molecular weight is 269 g/mol. The van der Waals surface area contributed by atoms with Crippen molar-refractivity contribution < 1.29 is 4.74 Å². The summed E-state index contributed by atoms with van der Waals surface area (Å²) in [7, 11) is 0. The largest absolute Gasteiger partial charge is 0.433 e. The number of aryl methyl sites for hydroxylation is 1. The van der Waals surface area contributed by atoms with E-state index in [1.54, 1.807) is 6.20 Å². The molecule has 0 saturated carbocycles. The monoisotopic (exact) mass is 269 g/mol. The standard InChI is InChI=1S/C14H15N5O/c1-2-7-19-9-10(8-16-19)20-14-13(15)17-11-5-3-4-6-12(11)18-14/h3-6,8-9H,2,7H2,1H3,(H2,15,17). The Kier molecular flexibility index (Phi) is 3.20. The predicted octanol–water partition coefficient (Wildman–Crippen LogP) is 2.61. The molecule has 0 bridgehead atoms. The predicted molar refractivity (Wildman–Crippen MR) is 76.5 cm³/mol. The fraction of sp³-hybridized carbons (Fsp3) is 0.214. The summed E-state index contributed by atoms with van der Waals surface area (Å²) in [6.07, 6.45) is 4.48. The van der Waals surface area contributed by atoms with E-state index >= 15 is 0 Å². The summed E-state index contributed by atoms with van der Waals surface area (Å²) in [6.45, 7) is 2.94. The maximum absolute atomic E-state index is 5.87. The molecule has 2 aromatic heterocycles. The van der Waals surface area contributed by atoms with Gasteiger partial charge in [0.15, 0.2) is 11.6 Å². The first-order valence-electron chi connectivity index (χ1n) is 6.49. The van der Waals surface area contributed by atoms with Crippen LogP contribution in [0.1, 0.15) is 13.3 Å². The third-order valence-corrected chi connectivity index (χ3v) is 2.84. The maximum Gasteiger partial charge on any atom is 0.263 e. The van der Waals surface area contributed by atoms with Crippen LogP contribution in [0, 0.1) is 0 Å². The average Bonchev–Trinajstić information content (AvgIpc) is 2.87. The van der Waals surface area contributed by atoms with Crippen LogP contribution in [0.3, 0.4) is 0 Å². The van der Waals surface area contributed by atoms with Gasteiger partial charge in [-0.05, 0) is 18.6 Å². The smallest absolute Gasteiger partial charge is 0.263 e. The zero-order valence-corrected chi connectivity index (χ0v) is 11.2. The molecular weight excluding hydrogens is 254 g/mol. The molecule has 0 aliphatic heterocycles. The van der Waals surface area contributed by atoms with E-state index in [1.165, 1.54) is 0 Å². The number of benzene rings is 1. The van der Waals surface area contributed by atoms with Gasteiger partial charge in [0.2, 0.25) is 0 Å². The Morgan fingerprint density at radius 3 is 2.70 bits per heavy atom. The summed E-state index contributed by atoms with van der Waals surface area (Å²) >= 11 is 0. The molecule has 0 atom stereocenters. The lowest BCUT2D eigenvalue weighted by atomic mass is 10.3. The highest BCUT2D eigenvalue weighted by Crippen LogP contribution is 2.25. The lowest BCUT2D eigenvalue weighted by molar-refractivity contribution is 0.464. The molecule has 1 aromatic carbocycles. The fourth-order valence-electron chi connectivity index (χ4n) is 1.93. The Labute approximate surface area is 116 Å². The van der Waals surface area contributed by atoms with E-state index in [0.29, 0.717) is 11.6 Å². The zero-order valence-electron chi connectivity index (χ0n) is 11.2. The van der Waals surface area contributed by atoms with Gasteiger partial charge < -0.3 is 10.5 Å². The third kappa shape index (κ3) is 2.40. The Hall–Kier alpha value is -2.63. The molecule has 0 amide bonds. The number of para-hydroxylation sites is 2. The van der Waals surface area contributed by atoms with Gasteiger partial charge in [-0.25, -0.2) is 9.97 Å². The number of anilines is 1. The van der Waals surface area contributed by atoms with Crippen LogP contribution in [-0.2, 0) is 6.54 Å². The van der Waals surface area contributed by atoms with Crippen LogP contribution in [0.25, 0.3) is 11.0 Å². The molecule has 0 unspecified atom stereocenters. The zero-order chi connectivity index (χ0) is 13.9. The van der Waals surface area contributed by atoms with E-state index in [4.69, 9.17) is 10.5 Å². The van der Waals surface area contributed by atoms with Gasteiger partial charge in [-0.2, -0.15) is 5.10 Å². The molecule has 102 valence electrons. The summed E-state index contributed by atoms with van der Waals surface area (Å²) in [4.78, 5) is 8.66. The van der Waals surface area contributed by atoms with Gasteiger partial charge in [-0.1, -0.05) is 19.1 Å². The molecular formula is C14H15N5O. The van der Waals surface area contributed by atoms with Crippen molar-refractivity contribution >= 4 is 16.9 Å². The summed E-state index contributed by atoms with van der Waals surface area (Å²) in [5, 5.41) is 4.20. The van der Waals surface area contributed by atoms with Gasteiger partial charge in [-0.3, -0.25) is 4.68 Å². The van der Waals surface area contributed by atoms with Gasteiger partial charge in [0.05, 0.1) is 23.4 Å². The van der Waals surface area contributed by atoms with Crippen molar-refractivity contribution in [2.75, 3.05) is 5.73 Å². The van der Waals surface area contributed by atoms with E-state index in [2.05, 4.69) is 22.0 Å². The third-order valence-electron chi connectivity index (χ3n) is 2.84. The minimum absolute atomic E-state index is 0.270. The van der Waals surface area contributed by atoms with Crippen molar-refractivity contribution in [1.29, 1.82) is 0 Å². The van der Waals surface area contributed by atoms with Gasteiger partial charge >= 0.3 is 0 Å². The molecule has 6 nitrogen and oxygen atoms in total. The Bertz CT molecular complexity index is 737. The van der Waals surface area contributed by atoms with Gasteiger partial charge in [-0.15, -0.1) is 0 Å². The Morgan fingerprint density at radius 2 is 1.95 bits per heavy atom. The molecule has 3 aromatic rings. The number of nitrogens with zero attached hydrogens (tertiary/aromatic N) is 4. The topological polar surface area (TPSA) is 78.8 Å². The summed E-state index contributed by atoms with van der Waals surface area (Å²) in [5.74, 6) is 1.18.